The summed E-state index contributed by atoms with van der Waals surface area (Å²) >= 11 is 0. The van der Waals surface area contributed by atoms with Crippen LogP contribution < -0.4 is 9.47 Å². The van der Waals surface area contributed by atoms with Crippen molar-refractivity contribution in [3.63, 3.8) is 0 Å². The summed E-state index contributed by atoms with van der Waals surface area (Å²) in [5, 5.41) is 28.1. The molecule has 1 heterocycles. The number of hydrogen-bond acceptors (Lipinski definition) is 7. The number of pyridine rings is 1. The average Bonchev–Trinajstić information content (AvgIpc) is 2.61. The standard InChI is InChI=1S/C17H15N3O5/c1-23-3-4-25-15-6-13-11(5-14(15)24-2)16(10(7-18)9-20-13)12(8-19)17(21)22/h5-6,9,12H,3-4H2,1-2H3,(H,21,22). The third-order valence-corrected chi connectivity index (χ3v) is 3.53. The molecule has 8 heteroatoms. The largest absolute Gasteiger partial charge is 0.493 e. The molecule has 0 aliphatic heterocycles. The van der Waals surface area contributed by atoms with Crippen LogP contribution in [0.4, 0.5) is 0 Å². The van der Waals surface area contributed by atoms with Gasteiger partial charge in [-0.05, 0) is 6.07 Å². The molecule has 0 radical (unpaired) electrons. The molecule has 25 heavy (non-hydrogen) atoms. The van der Waals surface area contributed by atoms with Gasteiger partial charge < -0.3 is 19.3 Å². The van der Waals surface area contributed by atoms with E-state index in [2.05, 4.69) is 4.98 Å². The van der Waals surface area contributed by atoms with E-state index in [1.807, 2.05) is 6.07 Å². The van der Waals surface area contributed by atoms with E-state index in [9.17, 15) is 20.4 Å². The molecule has 1 N–H and O–H groups in total. The number of carboxylic acid groups (broad SMARTS) is 1. The van der Waals surface area contributed by atoms with E-state index in [4.69, 9.17) is 14.2 Å². The van der Waals surface area contributed by atoms with Gasteiger partial charge in [0.05, 0.1) is 30.9 Å². The van der Waals surface area contributed by atoms with Gasteiger partial charge in [0.25, 0.3) is 0 Å². The maximum absolute atomic E-state index is 11.4. The van der Waals surface area contributed by atoms with Gasteiger partial charge in [-0.25, -0.2) is 0 Å². The SMILES string of the molecule is COCCOc1cc2ncc(C#N)c(C(C#N)C(=O)O)c2cc1OC. The maximum atomic E-state index is 11.4. The van der Waals surface area contributed by atoms with Gasteiger partial charge in [-0.15, -0.1) is 0 Å². The zero-order valence-electron chi connectivity index (χ0n) is 13.6. The molecule has 8 nitrogen and oxygen atoms in total. The predicted molar refractivity (Wildman–Crippen MR) is 86.4 cm³/mol. The molecule has 0 aliphatic rings. The Morgan fingerprint density at radius 3 is 2.60 bits per heavy atom. The lowest BCUT2D eigenvalue weighted by Gasteiger charge is -2.15. The van der Waals surface area contributed by atoms with Crippen molar-refractivity contribution in [3.05, 3.63) is 29.5 Å². The average molecular weight is 341 g/mol. The number of aromatic nitrogens is 1. The number of methoxy groups -OCH3 is 2. The Hall–Kier alpha value is -3.36. The van der Waals surface area contributed by atoms with E-state index in [-0.39, 0.29) is 17.7 Å². The van der Waals surface area contributed by atoms with Crippen LogP contribution in [0.15, 0.2) is 18.3 Å². The van der Waals surface area contributed by atoms with Crippen molar-refractivity contribution in [2.24, 2.45) is 0 Å². The van der Waals surface area contributed by atoms with Crippen LogP contribution in [0, 0.1) is 22.7 Å². The molecule has 1 atom stereocenters. The lowest BCUT2D eigenvalue weighted by molar-refractivity contribution is -0.137. The minimum atomic E-state index is -1.50. The van der Waals surface area contributed by atoms with Crippen molar-refractivity contribution in [3.8, 4) is 23.6 Å². The van der Waals surface area contributed by atoms with Crippen molar-refractivity contribution in [1.29, 1.82) is 10.5 Å². The summed E-state index contributed by atoms with van der Waals surface area (Å²) in [5.74, 6) is -2.10. The second kappa shape index (κ2) is 7.95. The minimum absolute atomic E-state index is 0.0246. The quantitative estimate of drug-likeness (QED) is 0.756. The van der Waals surface area contributed by atoms with Crippen LogP contribution in [0.25, 0.3) is 10.9 Å². The van der Waals surface area contributed by atoms with Gasteiger partial charge in [0.15, 0.2) is 17.4 Å². The van der Waals surface area contributed by atoms with Crippen LogP contribution >= 0.6 is 0 Å². The van der Waals surface area contributed by atoms with Crippen molar-refractivity contribution in [2.45, 2.75) is 5.92 Å². The third kappa shape index (κ3) is 3.60. The zero-order valence-corrected chi connectivity index (χ0v) is 13.6. The number of ether oxygens (including phenoxy) is 3. The van der Waals surface area contributed by atoms with Crippen LogP contribution in [0.2, 0.25) is 0 Å². The Bertz CT molecular complexity index is 882. The first-order chi connectivity index (χ1) is 12.1. The molecule has 2 rings (SSSR count). The number of rotatable bonds is 7. The molecular formula is C17H15N3O5. The molecule has 1 unspecified atom stereocenters. The number of nitrogens with zero attached hydrogens (tertiary/aromatic N) is 3. The Kier molecular flexibility index (Phi) is 5.72. The lowest BCUT2D eigenvalue weighted by Crippen LogP contribution is -2.12. The molecule has 2 aromatic rings. The van der Waals surface area contributed by atoms with Gasteiger partial charge >= 0.3 is 5.97 Å². The van der Waals surface area contributed by atoms with E-state index < -0.39 is 11.9 Å². The number of carboxylic acids is 1. The van der Waals surface area contributed by atoms with Crippen molar-refractivity contribution < 1.29 is 24.1 Å². The first-order valence-corrected chi connectivity index (χ1v) is 7.22. The Morgan fingerprint density at radius 1 is 1.28 bits per heavy atom. The zero-order chi connectivity index (χ0) is 18.4. The minimum Gasteiger partial charge on any atom is -0.493 e. The normalized spacial score (nSPS) is 11.4. The van der Waals surface area contributed by atoms with Gasteiger partial charge in [0.1, 0.15) is 12.7 Å². The molecule has 0 fully saturated rings. The number of aliphatic carboxylic acids is 1. The number of hydrogen-bond donors (Lipinski definition) is 1. The van der Waals surface area contributed by atoms with Crippen LogP contribution in [0.1, 0.15) is 17.0 Å². The van der Waals surface area contributed by atoms with Crippen LogP contribution in [0.3, 0.4) is 0 Å². The first kappa shape index (κ1) is 18.0. The summed E-state index contributed by atoms with van der Waals surface area (Å²) in [5.41, 5.74) is 0.504. The molecule has 0 amide bonds. The van der Waals surface area contributed by atoms with Crippen molar-refractivity contribution in [1.82, 2.24) is 4.98 Å². The van der Waals surface area contributed by atoms with E-state index in [1.165, 1.54) is 19.4 Å². The van der Waals surface area contributed by atoms with Crippen LogP contribution in [0.5, 0.6) is 11.5 Å². The Balaban J connectivity index is 2.69. The molecule has 128 valence electrons. The maximum Gasteiger partial charge on any atom is 0.325 e. The van der Waals surface area contributed by atoms with Crippen LogP contribution in [-0.2, 0) is 9.53 Å². The van der Waals surface area contributed by atoms with E-state index in [0.29, 0.717) is 29.0 Å². The fourth-order valence-electron chi connectivity index (χ4n) is 2.37. The predicted octanol–water partition coefficient (Wildman–Crippen LogP) is 1.83. The highest BCUT2D eigenvalue weighted by molar-refractivity contribution is 5.93. The van der Waals surface area contributed by atoms with Gasteiger partial charge in [-0.3, -0.25) is 9.78 Å². The summed E-state index contributed by atoms with van der Waals surface area (Å²) in [6.45, 7) is 0.667. The molecule has 0 saturated carbocycles. The van der Waals surface area contributed by atoms with Gasteiger partial charge in [0.2, 0.25) is 0 Å². The lowest BCUT2D eigenvalue weighted by atomic mass is 9.92. The second-order valence-corrected chi connectivity index (χ2v) is 4.96. The fourth-order valence-corrected chi connectivity index (χ4v) is 2.37. The number of fused-ring (bicyclic) bond motifs is 1. The summed E-state index contributed by atoms with van der Waals surface area (Å²) < 4.78 is 15.8. The molecule has 1 aromatic heterocycles. The summed E-state index contributed by atoms with van der Waals surface area (Å²) in [4.78, 5) is 15.6. The van der Waals surface area contributed by atoms with Gasteiger partial charge in [-0.2, -0.15) is 10.5 Å². The summed E-state index contributed by atoms with van der Waals surface area (Å²) in [6.07, 6.45) is 1.25. The van der Waals surface area contributed by atoms with Crippen molar-refractivity contribution >= 4 is 16.9 Å². The second-order valence-electron chi connectivity index (χ2n) is 4.96. The molecule has 1 aromatic carbocycles. The van der Waals surface area contributed by atoms with Gasteiger partial charge in [-0.1, -0.05) is 0 Å². The summed E-state index contributed by atoms with van der Waals surface area (Å²) in [7, 11) is 2.98. The number of carbonyl (C=O) groups is 1. The highest BCUT2D eigenvalue weighted by atomic mass is 16.5. The first-order valence-electron chi connectivity index (χ1n) is 7.22. The highest BCUT2D eigenvalue weighted by Crippen LogP contribution is 2.36. The fraction of sp³-hybridized carbons (Fsp3) is 0.294. The monoisotopic (exact) mass is 341 g/mol. The third-order valence-electron chi connectivity index (χ3n) is 3.53. The van der Waals surface area contributed by atoms with E-state index in [1.54, 1.807) is 19.2 Å². The van der Waals surface area contributed by atoms with Crippen molar-refractivity contribution in [2.75, 3.05) is 27.4 Å². The van der Waals surface area contributed by atoms with E-state index in [0.717, 1.165) is 0 Å². The number of benzene rings is 1. The van der Waals surface area contributed by atoms with Gasteiger partial charge in [0, 0.05) is 30.3 Å². The van der Waals surface area contributed by atoms with Crippen LogP contribution in [-0.4, -0.2) is 43.5 Å². The topological polar surface area (TPSA) is 125 Å². The molecule has 0 saturated heterocycles. The van der Waals surface area contributed by atoms with E-state index >= 15 is 0 Å². The Labute approximate surface area is 143 Å². The molecule has 0 aliphatic carbocycles. The molecular weight excluding hydrogens is 326 g/mol. The molecule has 0 spiro atoms. The Morgan fingerprint density at radius 2 is 2.04 bits per heavy atom. The summed E-state index contributed by atoms with van der Waals surface area (Å²) in [6, 6.07) is 6.69. The molecule has 0 bridgehead atoms. The number of nitriles is 2. The highest BCUT2D eigenvalue weighted by Gasteiger charge is 2.26. The smallest absolute Gasteiger partial charge is 0.325 e.